The van der Waals surface area contributed by atoms with Gasteiger partial charge in [0, 0.05) is 26.6 Å². The molecule has 6 atom stereocenters. The molecule has 2 fully saturated rings. The monoisotopic (exact) mass is 328 g/mol. The zero-order valence-corrected chi connectivity index (χ0v) is 14.6. The number of carbonyl (C=O) groups is 1. The van der Waals surface area contributed by atoms with Crippen LogP contribution < -0.4 is 0 Å². The van der Waals surface area contributed by atoms with Crippen LogP contribution in [-0.4, -0.2) is 55.5 Å². The summed E-state index contributed by atoms with van der Waals surface area (Å²) in [5.41, 5.74) is -0.887. The second kappa shape index (κ2) is 6.26. The molecular weight excluding hydrogens is 300 g/mol. The Morgan fingerprint density at radius 2 is 1.87 bits per heavy atom. The normalized spacial score (nSPS) is 47.2. The first-order chi connectivity index (χ1) is 10.7. The summed E-state index contributed by atoms with van der Waals surface area (Å²) in [7, 11) is 3.05. The average molecular weight is 328 g/mol. The van der Waals surface area contributed by atoms with E-state index in [-0.39, 0.29) is 30.8 Å². The Morgan fingerprint density at radius 3 is 2.35 bits per heavy atom. The molecule has 2 aliphatic rings. The lowest BCUT2D eigenvalue weighted by molar-refractivity contribution is -0.456. The summed E-state index contributed by atoms with van der Waals surface area (Å²) in [6, 6.07) is 0. The molecule has 6 nitrogen and oxygen atoms in total. The van der Waals surface area contributed by atoms with Crippen LogP contribution in [0.2, 0.25) is 0 Å². The number of ether oxygens (including phenoxy) is 4. The molecule has 0 bridgehead atoms. The molecule has 1 saturated carbocycles. The van der Waals surface area contributed by atoms with E-state index in [1.54, 1.807) is 19.9 Å². The van der Waals surface area contributed by atoms with Gasteiger partial charge in [0.15, 0.2) is 0 Å². The number of fused-ring (bicyclic) bond motifs is 1. The number of hydrogen-bond donors (Lipinski definition) is 1. The van der Waals surface area contributed by atoms with Crippen LogP contribution in [0.15, 0.2) is 12.7 Å². The second-order valence-corrected chi connectivity index (χ2v) is 6.76. The minimum absolute atomic E-state index is 0.0308. The third-order valence-electron chi connectivity index (χ3n) is 5.80. The number of carbonyl (C=O) groups excluding carboxylic acids is 1. The second-order valence-electron chi connectivity index (χ2n) is 6.76. The van der Waals surface area contributed by atoms with Crippen molar-refractivity contribution in [3.8, 4) is 0 Å². The number of Topliss-reactive ketones (excluding diaryl/α,β-unsaturated/α-hetero) is 1. The number of aliphatic hydroxyl groups excluding tert-OH is 1. The molecule has 1 heterocycles. The van der Waals surface area contributed by atoms with Gasteiger partial charge >= 0.3 is 0 Å². The highest BCUT2D eigenvalue weighted by molar-refractivity contribution is 5.87. The fraction of sp³-hybridized carbons (Fsp3) is 0.824. The van der Waals surface area contributed by atoms with Gasteiger partial charge in [0.1, 0.15) is 5.78 Å². The lowest BCUT2D eigenvalue weighted by Gasteiger charge is -2.57. The fourth-order valence-corrected chi connectivity index (χ4v) is 3.76. The van der Waals surface area contributed by atoms with E-state index in [0.717, 1.165) is 0 Å². The van der Waals surface area contributed by atoms with E-state index in [1.807, 2.05) is 6.92 Å². The van der Waals surface area contributed by atoms with Gasteiger partial charge in [-0.3, -0.25) is 4.79 Å². The highest BCUT2D eigenvalue weighted by Gasteiger charge is 2.62. The van der Waals surface area contributed by atoms with Crippen LogP contribution in [0.4, 0.5) is 0 Å². The van der Waals surface area contributed by atoms with Gasteiger partial charge in [-0.2, -0.15) is 0 Å². The summed E-state index contributed by atoms with van der Waals surface area (Å²) < 4.78 is 23.3. The van der Waals surface area contributed by atoms with Crippen molar-refractivity contribution < 1.29 is 28.8 Å². The molecule has 1 N–H and O–H groups in total. The summed E-state index contributed by atoms with van der Waals surface area (Å²) in [4.78, 5) is 12.7. The third-order valence-corrected chi connectivity index (χ3v) is 5.80. The Labute approximate surface area is 137 Å². The number of methoxy groups -OCH3 is 2. The first-order valence-electron chi connectivity index (χ1n) is 7.94. The van der Waals surface area contributed by atoms with Gasteiger partial charge < -0.3 is 24.1 Å². The van der Waals surface area contributed by atoms with Gasteiger partial charge in [0.05, 0.1) is 24.2 Å². The lowest BCUT2D eigenvalue weighted by atomic mass is 9.62. The van der Waals surface area contributed by atoms with Crippen LogP contribution >= 0.6 is 0 Å². The zero-order valence-electron chi connectivity index (χ0n) is 14.6. The van der Waals surface area contributed by atoms with Gasteiger partial charge in [-0.25, -0.2) is 0 Å². The molecule has 0 unspecified atom stereocenters. The summed E-state index contributed by atoms with van der Waals surface area (Å²) in [6.07, 6.45) is 1.43. The van der Waals surface area contributed by atoms with Crippen molar-refractivity contribution in [1.29, 1.82) is 0 Å². The molecule has 6 heteroatoms. The average Bonchev–Trinajstić information content (AvgIpc) is 2.54. The van der Waals surface area contributed by atoms with Crippen LogP contribution in [-0.2, 0) is 23.7 Å². The zero-order chi connectivity index (χ0) is 17.5. The van der Waals surface area contributed by atoms with Gasteiger partial charge in [-0.15, -0.1) is 6.58 Å². The molecule has 0 aromatic carbocycles. The molecular formula is C17H28O6. The van der Waals surface area contributed by atoms with Crippen molar-refractivity contribution >= 4 is 5.78 Å². The van der Waals surface area contributed by atoms with E-state index >= 15 is 0 Å². The number of allylic oxidation sites excluding steroid dienone is 1. The molecule has 2 rings (SSSR count). The number of aliphatic hydroxyl groups is 1. The molecule has 1 saturated heterocycles. The largest absolute Gasteiger partial charge is 0.395 e. The van der Waals surface area contributed by atoms with E-state index in [4.69, 9.17) is 18.9 Å². The van der Waals surface area contributed by atoms with E-state index in [0.29, 0.717) is 6.42 Å². The third kappa shape index (κ3) is 2.57. The van der Waals surface area contributed by atoms with Crippen LogP contribution in [0.3, 0.4) is 0 Å². The molecule has 0 radical (unpaired) electrons. The Kier molecular flexibility index (Phi) is 5.05. The molecule has 0 amide bonds. The summed E-state index contributed by atoms with van der Waals surface area (Å²) in [5.74, 6) is -2.52. The summed E-state index contributed by atoms with van der Waals surface area (Å²) >= 11 is 0. The number of rotatable bonds is 5. The minimum atomic E-state index is -1.12. The molecule has 0 aromatic heterocycles. The summed E-state index contributed by atoms with van der Waals surface area (Å²) in [5, 5.41) is 9.92. The fourth-order valence-electron chi connectivity index (χ4n) is 3.76. The van der Waals surface area contributed by atoms with Crippen LogP contribution in [0.5, 0.6) is 0 Å². The van der Waals surface area contributed by atoms with Crippen molar-refractivity contribution in [2.24, 2.45) is 11.3 Å². The molecule has 23 heavy (non-hydrogen) atoms. The van der Waals surface area contributed by atoms with Crippen molar-refractivity contribution in [2.45, 2.75) is 57.4 Å². The maximum Gasteiger partial charge on any atom is 0.220 e. The van der Waals surface area contributed by atoms with Crippen molar-refractivity contribution in [2.75, 3.05) is 20.8 Å². The Morgan fingerprint density at radius 1 is 1.30 bits per heavy atom. The standard InChI is InChI=1S/C17H28O6/c1-7-8-17(10-18)11(2)14-12(9-13(17)19)22-15(3,20-5)16(4,21-6)23-14/h7,11-12,14,18H,1,8-10H2,2-6H3/t11-,12-,14-,15+,16+,17-/m1/s1. The molecule has 132 valence electrons. The van der Waals surface area contributed by atoms with Crippen molar-refractivity contribution in [1.82, 2.24) is 0 Å². The molecule has 0 aromatic rings. The Bertz CT molecular complexity index is 480. The van der Waals surface area contributed by atoms with Gasteiger partial charge in [0.25, 0.3) is 0 Å². The van der Waals surface area contributed by atoms with Gasteiger partial charge in [-0.1, -0.05) is 13.0 Å². The number of hydrogen-bond acceptors (Lipinski definition) is 6. The van der Waals surface area contributed by atoms with Crippen LogP contribution in [0.1, 0.15) is 33.6 Å². The first kappa shape index (κ1) is 18.5. The SMILES string of the molecule is C=CC[C@]1(CO)C(=O)C[C@H]2O[C@](C)(OC)[C@@](C)(OC)O[C@@H]2[C@H]1C. The van der Waals surface area contributed by atoms with Crippen LogP contribution in [0.25, 0.3) is 0 Å². The molecule has 0 spiro atoms. The summed E-state index contributed by atoms with van der Waals surface area (Å²) in [6.45, 7) is 8.88. The predicted octanol–water partition coefficient (Wildman–Crippen LogP) is 1.66. The van der Waals surface area contributed by atoms with E-state index in [9.17, 15) is 9.90 Å². The number of ketones is 1. The van der Waals surface area contributed by atoms with E-state index in [1.165, 1.54) is 14.2 Å². The highest BCUT2D eigenvalue weighted by atomic mass is 16.8. The topological polar surface area (TPSA) is 74.2 Å². The lowest BCUT2D eigenvalue weighted by Crippen LogP contribution is -2.70. The quantitative estimate of drug-likeness (QED) is 0.774. The maximum absolute atomic E-state index is 12.7. The predicted molar refractivity (Wildman–Crippen MR) is 83.7 cm³/mol. The van der Waals surface area contributed by atoms with Gasteiger partial charge in [-0.05, 0) is 20.3 Å². The highest BCUT2D eigenvalue weighted by Crippen LogP contribution is 2.50. The van der Waals surface area contributed by atoms with Crippen molar-refractivity contribution in [3.05, 3.63) is 12.7 Å². The van der Waals surface area contributed by atoms with Crippen molar-refractivity contribution in [3.63, 3.8) is 0 Å². The first-order valence-corrected chi connectivity index (χ1v) is 7.94. The Balaban J connectivity index is 2.39. The van der Waals surface area contributed by atoms with E-state index in [2.05, 4.69) is 6.58 Å². The van der Waals surface area contributed by atoms with E-state index < -0.39 is 23.1 Å². The van der Waals surface area contributed by atoms with Crippen LogP contribution in [0, 0.1) is 11.3 Å². The maximum atomic E-state index is 12.7. The molecule has 1 aliphatic heterocycles. The Hall–Kier alpha value is -0.790. The minimum Gasteiger partial charge on any atom is -0.395 e. The van der Waals surface area contributed by atoms with Gasteiger partial charge in [0.2, 0.25) is 11.6 Å². The smallest absolute Gasteiger partial charge is 0.220 e. The molecule has 1 aliphatic carbocycles.